The zero-order chi connectivity index (χ0) is 28.4. The number of carbonyl (C=O) groups is 2. The second-order valence-corrected chi connectivity index (χ2v) is 11.7. The van der Waals surface area contributed by atoms with Crippen molar-refractivity contribution in [2.75, 3.05) is 17.4 Å². The number of hydrogen-bond acceptors (Lipinski definition) is 4. The summed E-state index contributed by atoms with van der Waals surface area (Å²) in [5.41, 5.74) is 2.13. The number of amides is 2. The van der Waals surface area contributed by atoms with E-state index in [0.717, 1.165) is 28.3 Å². The van der Waals surface area contributed by atoms with Crippen LogP contribution in [0.3, 0.4) is 0 Å². The van der Waals surface area contributed by atoms with Crippen molar-refractivity contribution in [2.24, 2.45) is 0 Å². The van der Waals surface area contributed by atoms with E-state index in [1.54, 1.807) is 36.4 Å². The third kappa shape index (κ3) is 8.07. The molecule has 7 nitrogen and oxygen atoms in total. The number of hydrogen-bond donors (Lipinski definition) is 1. The molecule has 3 aromatic carbocycles. The predicted octanol–water partition coefficient (Wildman–Crippen LogP) is 5.57. The second-order valence-electron chi connectivity index (χ2n) is 9.38. The number of unbranched alkanes of at least 4 members (excludes halogenated alkanes) is 1. The van der Waals surface area contributed by atoms with Gasteiger partial charge in [-0.3, -0.25) is 13.9 Å². The molecule has 0 aliphatic carbocycles. The van der Waals surface area contributed by atoms with Crippen molar-refractivity contribution >= 4 is 39.1 Å². The molecule has 0 aliphatic heterocycles. The van der Waals surface area contributed by atoms with Gasteiger partial charge in [0.05, 0.1) is 10.6 Å². The van der Waals surface area contributed by atoms with Crippen LogP contribution in [-0.4, -0.2) is 44.3 Å². The lowest BCUT2D eigenvalue weighted by molar-refractivity contribution is -0.140. The molecule has 0 saturated heterocycles. The Bertz CT molecular complexity index is 1370. The van der Waals surface area contributed by atoms with Gasteiger partial charge >= 0.3 is 0 Å². The fourth-order valence-electron chi connectivity index (χ4n) is 4.31. The number of benzene rings is 3. The van der Waals surface area contributed by atoms with Gasteiger partial charge in [0.15, 0.2) is 0 Å². The van der Waals surface area contributed by atoms with Crippen LogP contribution in [0.4, 0.5) is 5.69 Å². The van der Waals surface area contributed by atoms with Crippen LogP contribution in [0.5, 0.6) is 0 Å². The van der Waals surface area contributed by atoms with Crippen molar-refractivity contribution < 1.29 is 18.0 Å². The number of halogens is 1. The highest BCUT2D eigenvalue weighted by Crippen LogP contribution is 2.27. The summed E-state index contributed by atoms with van der Waals surface area (Å²) in [4.78, 5) is 28.8. The van der Waals surface area contributed by atoms with Gasteiger partial charge in [0.25, 0.3) is 10.0 Å². The molecule has 9 heteroatoms. The molecule has 0 aliphatic rings. The molecule has 0 spiro atoms. The molecule has 1 atom stereocenters. The maximum atomic E-state index is 14.0. The zero-order valence-electron chi connectivity index (χ0n) is 22.6. The Balaban J connectivity index is 2.02. The van der Waals surface area contributed by atoms with Crippen LogP contribution in [0.25, 0.3) is 0 Å². The molecule has 0 radical (unpaired) electrons. The molecule has 0 aromatic heterocycles. The smallest absolute Gasteiger partial charge is 0.264 e. The molecule has 0 fully saturated rings. The Kier molecular flexibility index (Phi) is 10.9. The van der Waals surface area contributed by atoms with Gasteiger partial charge in [-0.1, -0.05) is 86.0 Å². The SMILES string of the molecule is CCCCNC(=O)[C@H](CC)N(Cc1cccc(C)c1)C(=O)CN(c1cccc(Cl)c1)S(=O)(=O)c1ccccc1. The molecular formula is C30H36ClN3O4S. The van der Waals surface area contributed by atoms with E-state index >= 15 is 0 Å². The maximum Gasteiger partial charge on any atom is 0.264 e. The maximum absolute atomic E-state index is 14.0. The first-order chi connectivity index (χ1) is 18.7. The van der Waals surface area contributed by atoms with Crippen molar-refractivity contribution in [1.29, 1.82) is 0 Å². The van der Waals surface area contributed by atoms with Gasteiger partial charge < -0.3 is 10.2 Å². The third-order valence-electron chi connectivity index (χ3n) is 6.36. The summed E-state index contributed by atoms with van der Waals surface area (Å²) in [6, 6.07) is 21.3. The molecule has 0 heterocycles. The van der Waals surface area contributed by atoms with E-state index < -0.39 is 28.5 Å². The number of nitrogens with zero attached hydrogens (tertiary/aromatic N) is 2. The second kappa shape index (κ2) is 14.1. The fourth-order valence-corrected chi connectivity index (χ4v) is 5.92. The van der Waals surface area contributed by atoms with E-state index in [-0.39, 0.29) is 23.0 Å². The minimum Gasteiger partial charge on any atom is -0.354 e. The number of nitrogens with one attached hydrogen (secondary N) is 1. The average molecular weight is 570 g/mol. The summed E-state index contributed by atoms with van der Waals surface area (Å²) in [7, 11) is -4.12. The summed E-state index contributed by atoms with van der Waals surface area (Å²) < 4.78 is 28.6. The Morgan fingerprint density at radius 2 is 1.67 bits per heavy atom. The first kappa shape index (κ1) is 30.2. The van der Waals surface area contributed by atoms with E-state index in [1.165, 1.54) is 23.1 Å². The molecule has 0 saturated carbocycles. The van der Waals surface area contributed by atoms with Crippen LogP contribution in [0, 0.1) is 6.92 Å². The summed E-state index contributed by atoms with van der Waals surface area (Å²) >= 11 is 6.21. The monoisotopic (exact) mass is 569 g/mol. The highest BCUT2D eigenvalue weighted by molar-refractivity contribution is 7.92. The zero-order valence-corrected chi connectivity index (χ0v) is 24.2. The molecule has 0 unspecified atom stereocenters. The summed E-state index contributed by atoms with van der Waals surface area (Å²) in [6.45, 7) is 6.01. The largest absolute Gasteiger partial charge is 0.354 e. The van der Waals surface area contributed by atoms with Gasteiger partial charge in [-0.05, 0) is 55.7 Å². The first-order valence-electron chi connectivity index (χ1n) is 13.1. The van der Waals surface area contributed by atoms with E-state index in [9.17, 15) is 18.0 Å². The lowest BCUT2D eigenvalue weighted by atomic mass is 10.1. The highest BCUT2D eigenvalue weighted by Gasteiger charge is 2.33. The van der Waals surface area contributed by atoms with Crippen molar-refractivity contribution in [1.82, 2.24) is 10.2 Å². The van der Waals surface area contributed by atoms with Crippen LogP contribution in [0.15, 0.2) is 83.8 Å². The van der Waals surface area contributed by atoms with Crippen LogP contribution >= 0.6 is 11.6 Å². The average Bonchev–Trinajstić information content (AvgIpc) is 2.92. The third-order valence-corrected chi connectivity index (χ3v) is 8.38. The van der Waals surface area contributed by atoms with E-state index in [0.29, 0.717) is 18.0 Å². The Hall–Kier alpha value is -3.36. The van der Waals surface area contributed by atoms with E-state index in [2.05, 4.69) is 5.32 Å². The lowest BCUT2D eigenvalue weighted by Gasteiger charge is -2.33. The fraction of sp³-hybridized carbons (Fsp3) is 0.333. The summed E-state index contributed by atoms with van der Waals surface area (Å²) in [5, 5.41) is 3.27. The Morgan fingerprint density at radius 3 is 2.31 bits per heavy atom. The van der Waals surface area contributed by atoms with Crippen molar-refractivity contribution in [3.8, 4) is 0 Å². The quantitative estimate of drug-likeness (QED) is 0.273. The van der Waals surface area contributed by atoms with Crippen LogP contribution < -0.4 is 9.62 Å². The van der Waals surface area contributed by atoms with Gasteiger partial charge in [-0.2, -0.15) is 0 Å². The Labute approximate surface area is 236 Å². The molecule has 2 amide bonds. The molecular weight excluding hydrogens is 534 g/mol. The molecule has 208 valence electrons. The van der Waals surface area contributed by atoms with E-state index in [1.807, 2.05) is 45.0 Å². The summed E-state index contributed by atoms with van der Waals surface area (Å²) in [6.07, 6.45) is 2.12. The van der Waals surface area contributed by atoms with Gasteiger partial charge in [0, 0.05) is 18.1 Å². The van der Waals surface area contributed by atoms with Crippen LogP contribution in [-0.2, 0) is 26.2 Å². The number of sulfonamides is 1. The number of rotatable bonds is 13. The van der Waals surface area contributed by atoms with Crippen LogP contribution in [0.2, 0.25) is 5.02 Å². The summed E-state index contributed by atoms with van der Waals surface area (Å²) in [5.74, 6) is -0.749. The molecule has 3 aromatic rings. The van der Waals surface area contributed by atoms with Gasteiger partial charge in [-0.25, -0.2) is 8.42 Å². The number of carbonyl (C=O) groups excluding carboxylic acids is 2. The Morgan fingerprint density at radius 1 is 0.949 bits per heavy atom. The normalized spacial score (nSPS) is 12.0. The molecule has 0 bridgehead atoms. The first-order valence-corrected chi connectivity index (χ1v) is 14.9. The van der Waals surface area contributed by atoms with Gasteiger partial charge in [0.2, 0.25) is 11.8 Å². The molecule has 1 N–H and O–H groups in total. The van der Waals surface area contributed by atoms with E-state index in [4.69, 9.17) is 11.6 Å². The highest BCUT2D eigenvalue weighted by atomic mass is 35.5. The van der Waals surface area contributed by atoms with Crippen molar-refractivity contribution in [2.45, 2.75) is 57.5 Å². The van der Waals surface area contributed by atoms with Crippen LogP contribution in [0.1, 0.15) is 44.2 Å². The number of aryl methyl sites for hydroxylation is 1. The van der Waals surface area contributed by atoms with Crippen molar-refractivity contribution in [3.63, 3.8) is 0 Å². The minimum atomic E-state index is -4.12. The molecule has 3 rings (SSSR count). The topological polar surface area (TPSA) is 86.8 Å². The number of anilines is 1. The minimum absolute atomic E-state index is 0.0485. The standard InChI is InChI=1S/C30H36ClN3O4S/c1-4-6-18-32-30(36)28(5-2)33(21-24-13-10-12-23(3)19-24)29(35)22-34(26-15-11-14-25(31)20-26)39(37,38)27-16-8-7-9-17-27/h7-17,19-20,28H,4-6,18,21-22H2,1-3H3,(H,32,36)/t28-/m0/s1. The predicted molar refractivity (Wildman–Crippen MR) is 156 cm³/mol. The van der Waals surface area contributed by atoms with Gasteiger partial charge in [-0.15, -0.1) is 0 Å². The van der Waals surface area contributed by atoms with Crippen molar-refractivity contribution in [3.05, 3.63) is 95.0 Å². The lowest BCUT2D eigenvalue weighted by Crippen LogP contribution is -2.52. The molecule has 39 heavy (non-hydrogen) atoms. The van der Waals surface area contributed by atoms with Gasteiger partial charge in [0.1, 0.15) is 12.6 Å².